The number of hydrogen-bond acceptors (Lipinski definition) is 4. The predicted molar refractivity (Wildman–Crippen MR) is 46.3 cm³/mol. The van der Waals surface area contributed by atoms with Gasteiger partial charge >= 0.3 is 5.56 Å². The highest BCUT2D eigenvalue weighted by Gasteiger charge is 2.06. The molecule has 1 rings (SSSR count). The molecule has 0 spiro atoms. The second-order valence-electron chi connectivity index (χ2n) is 2.36. The summed E-state index contributed by atoms with van der Waals surface area (Å²) in [6, 6.07) is 0. The van der Waals surface area contributed by atoms with E-state index in [9.17, 15) is 4.79 Å². The van der Waals surface area contributed by atoms with Gasteiger partial charge < -0.3 is 4.90 Å². The Hall–Kier alpha value is -0.840. The van der Waals surface area contributed by atoms with Crippen LogP contribution in [0.15, 0.2) is 4.79 Å². The lowest BCUT2D eigenvalue weighted by atomic mass is 10.4. The zero-order valence-electron chi connectivity index (χ0n) is 6.63. The smallest absolute Gasteiger partial charge is 0.302 e. The van der Waals surface area contributed by atoms with Crippen molar-refractivity contribution in [2.75, 3.05) is 18.5 Å². The van der Waals surface area contributed by atoms with Crippen molar-refractivity contribution in [1.29, 1.82) is 0 Å². The molecule has 4 nitrogen and oxygen atoms in total. The Balaban J connectivity index is 2.75. The fraction of sp³-hybridized carbons (Fsp3) is 0.667. The van der Waals surface area contributed by atoms with Gasteiger partial charge in [-0.25, -0.2) is 0 Å². The third kappa shape index (κ3) is 1.80. The van der Waals surface area contributed by atoms with E-state index in [1.165, 1.54) is 0 Å². The zero-order valence-corrected chi connectivity index (χ0v) is 7.44. The minimum atomic E-state index is -0.0917. The zero-order chi connectivity index (χ0) is 8.27. The summed E-state index contributed by atoms with van der Waals surface area (Å²) in [5, 5.41) is 0. The first-order chi connectivity index (χ1) is 5.25. The lowest BCUT2D eigenvalue weighted by Crippen LogP contribution is -2.23. The summed E-state index contributed by atoms with van der Waals surface area (Å²) >= 11 is 1.09. The molecule has 1 aromatic rings. The van der Waals surface area contributed by atoms with Gasteiger partial charge in [-0.15, -0.1) is 0 Å². The SMILES string of the molecule is CCCN(C)c1ns[nH]c1=O. The Morgan fingerprint density at radius 1 is 1.73 bits per heavy atom. The summed E-state index contributed by atoms with van der Waals surface area (Å²) in [4.78, 5) is 12.8. The van der Waals surface area contributed by atoms with Gasteiger partial charge in [0.1, 0.15) is 0 Å². The van der Waals surface area contributed by atoms with Crippen molar-refractivity contribution in [3.63, 3.8) is 0 Å². The maximum absolute atomic E-state index is 11.0. The van der Waals surface area contributed by atoms with Gasteiger partial charge in [0.05, 0.1) is 0 Å². The Morgan fingerprint density at radius 2 is 2.45 bits per heavy atom. The summed E-state index contributed by atoms with van der Waals surface area (Å²) < 4.78 is 6.48. The first-order valence-corrected chi connectivity index (χ1v) is 4.28. The van der Waals surface area contributed by atoms with Crippen molar-refractivity contribution in [2.24, 2.45) is 0 Å². The van der Waals surface area contributed by atoms with Gasteiger partial charge in [0.2, 0.25) is 5.82 Å². The minimum absolute atomic E-state index is 0.0917. The summed E-state index contributed by atoms with van der Waals surface area (Å²) in [6.45, 7) is 2.93. The van der Waals surface area contributed by atoms with Crippen LogP contribution >= 0.6 is 11.7 Å². The van der Waals surface area contributed by atoms with E-state index in [2.05, 4.69) is 15.7 Å². The van der Waals surface area contributed by atoms with Gasteiger partial charge in [0, 0.05) is 25.3 Å². The average Bonchev–Trinajstić information content (AvgIpc) is 2.36. The summed E-state index contributed by atoms with van der Waals surface area (Å²) in [5.41, 5.74) is -0.0917. The van der Waals surface area contributed by atoms with E-state index in [0.717, 1.165) is 24.7 Å². The molecule has 1 aromatic heterocycles. The molecule has 1 heterocycles. The van der Waals surface area contributed by atoms with Crippen LogP contribution in [0.2, 0.25) is 0 Å². The van der Waals surface area contributed by atoms with Gasteiger partial charge in [-0.3, -0.25) is 9.17 Å². The summed E-state index contributed by atoms with van der Waals surface area (Å²) in [6.07, 6.45) is 1.02. The first kappa shape index (κ1) is 8.26. The van der Waals surface area contributed by atoms with Crippen molar-refractivity contribution in [1.82, 2.24) is 8.75 Å². The number of anilines is 1. The van der Waals surface area contributed by atoms with E-state index >= 15 is 0 Å². The van der Waals surface area contributed by atoms with E-state index in [0.29, 0.717) is 5.82 Å². The van der Waals surface area contributed by atoms with Crippen molar-refractivity contribution in [3.05, 3.63) is 10.4 Å². The number of H-pyrrole nitrogens is 1. The maximum Gasteiger partial charge on any atom is 0.302 e. The van der Waals surface area contributed by atoms with Crippen LogP contribution in [-0.2, 0) is 0 Å². The molecule has 0 atom stereocenters. The van der Waals surface area contributed by atoms with Crippen molar-refractivity contribution in [2.45, 2.75) is 13.3 Å². The fourth-order valence-electron chi connectivity index (χ4n) is 0.879. The first-order valence-electron chi connectivity index (χ1n) is 3.51. The highest BCUT2D eigenvalue weighted by molar-refractivity contribution is 6.99. The predicted octanol–water partition coefficient (Wildman–Crippen LogP) is 0.678. The van der Waals surface area contributed by atoms with Crippen LogP contribution in [0.5, 0.6) is 0 Å². The van der Waals surface area contributed by atoms with Crippen LogP contribution in [0.3, 0.4) is 0 Å². The third-order valence-corrected chi connectivity index (χ3v) is 1.94. The molecule has 5 heteroatoms. The van der Waals surface area contributed by atoms with Gasteiger partial charge in [-0.05, 0) is 6.42 Å². The van der Waals surface area contributed by atoms with Crippen molar-refractivity contribution in [3.8, 4) is 0 Å². The normalized spacial score (nSPS) is 10.0. The van der Waals surface area contributed by atoms with Gasteiger partial charge in [0.15, 0.2) is 0 Å². The van der Waals surface area contributed by atoms with Gasteiger partial charge in [-0.2, -0.15) is 4.37 Å². The van der Waals surface area contributed by atoms with Crippen LogP contribution in [0.4, 0.5) is 5.82 Å². The van der Waals surface area contributed by atoms with Gasteiger partial charge in [-0.1, -0.05) is 6.92 Å². The van der Waals surface area contributed by atoms with E-state index in [1.807, 2.05) is 11.9 Å². The van der Waals surface area contributed by atoms with E-state index in [-0.39, 0.29) is 5.56 Å². The van der Waals surface area contributed by atoms with Crippen LogP contribution in [0, 0.1) is 0 Å². The van der Waals surface area contributed by atoms with E-state index in [4.69, 9.17) is 0 Å². The minimum Gasteiger partial charge on any atom is -0.354 e. The molecular weight excluding hydrogens is 162 g/mol. The molecule has 0 aliphatic carbocycles. The van der Waals surface area contributed by atoms with Gasteiger partial charge in [0.25, 0.3) is 0 Å². The number of aromatic nitrogens is 2. The Bertz CT molecular complexity index is 267. The number of rotatable bonds is 3. The van der Waals surface area contributed by atoms with Crippen LogP contribution in [0.1, 0.15) is 13.3 Å². The van der Waals surface area contributed by atoms with Crippen LogP contribution in [-0.4, -0.2) is 22.3 Å². The second kappa shape index (κ2) is 3.52. The van der Waals surface area contributed by atoms with Crippen LogP contribution < -0.4 is 10.5 Å². The second-order valence-corrected chi connectivity index (χ2v) is 2.93. The standard InChI is InChI=1S/C6H11N3OS/c1-3-4-9(2)5-6(10)8-11-7-5/h3-4H2,1-2H3,(H,8,10). The molecule has 0 saturated heterocycles. The number of nitrogens with zero attached hydrogens (tertiary/aromatic N) is 2. The number of aromatic amines is 1. The molecule has 0 radical (unpaired) electrons. The molecule has 0 unspecified atom stereocenters. The number of nitrogens with one attached hydrogen (secondary N) is 1. The monoisotopic (exact) mass is 173 g/mol. The highest BCUT2D eigenvalue weighted by Crippen LogP contribution is 2.01. The fourth-order valence-corrected chi connectivity index (χ4v) is 1.41. The van der Waals surface area contributed by atoms with E-state index in [1.54, 1.807) is 0 Å². The van der Waals surface area contributed by atoms with Crippen molar-refractivity contribution < 1.29 is 0 Å². The van der Waals surface area contributed by atoms with Crippen LogP contribution in [0.25, 0.3) is 0 Å². The van der Waals surface area contributed by atoms with E-state index < -0.39 is 0 Å². The Kier molecular flexibility index (Phi) is 2.64. The molecule has 1 N–H and O–H groups in total. The third-order valence-electron chi connectivity index (χ3n) is 1.39. The quantitative estimate of drug-likeness (QED) is 0.731. The molecule has 0 aliphatic heterocycles. The molecular formula is C6H11N3OS. The molecule has 0 bridgehead atoms. The summed E-state index contributed by atoms with van der Waals surface area (Å²) in [7, 11) is 1.87. The average molecular weight is 173 g/mol. The summed E-state index contributed by atoms with van der Waals surface area (Å²) in [5.74, 6) is 0.525. The van der Waals surface area contributed by atoms with Crippen molar-refractivity contribution >= 4 is 17.5 Å². The molecule has 0 fully saturated rings. The molecule has 11 heavy (non-hydrogen) atoms. The lowest BCUT2D eigenvalue weighted by Gasteiger charge is -2.12. The number of hydrogen-bond donors (Lipinski definition) is 1. The topological polar surface area (TPSA) is 49.0 Å². The Morgan fingerprint density at radius 3 is 2.91 bits per heavy atom. The molecule has 0 aromatic carbocycles. The molecule has 0 aliphatic rings. The lowest BCUT2D eigenvalue weighted by molar-refractivity contribution is 0.839. The maximum atomic E-state index is 11.0. The molecule has 0 saturated carbocycles. The molecule has 0 amide bonds. The Labute approximate surface area is 69.2 Å². The largest absolute Gasteiger partial charge is 0.354 e. The molecule has 62 valence electrons. The highest BCUT2D eigenvalue weighted by atomic mass is 32.1.